The molecule has 4 nitrogen and oxygen atoms in total. The summed E-state index contributed by atoms with van der Waals surface area (Å²) >= 11 is 0. The van der Waals surface area contributed by atoms with Gasteiger partial charge in [-0.2, -0.15) is 0 Å². The molecule has 28 heavy (non-hydrogen) atoms. The molecule has 0 fully saturated rings. The van der Waals surface area contributed by atoms with Crippen LogP contribution < -0.4 is 0 Å². The van der Waals surface area contributed by atoms with Crippen LogP contribution >= 0.6 is 0 Å². The Kier molecular flexibility index (Phi) is 3.94. The molecule has 4 rings (SSSR count). The molecule has 2 aromatic carbocycles. The summed E-state index contributed by atoms with van der Waals surface area (Å²) in [5.41, 5.74) is -0.962. The fourth-order valence-electron chi connectivity index (χ4n) is 3.56. The molecule has 1 unspecified atom stereocenters. The van der Waals surface area contributed by atoms with E-state index < -0.39 is 23.7 Å². The van der Waals surface area contributed by atoms with E-state index in [1.54, 1.807) is 36.4 Å². The lowest BCUT2D eigenvalue weighted by molar-refractivity contribution is -0.307. The van der Waals surface area contributed by atoms with Gasteiger partial charge < -0.3 is 14.9 Å². The second-order valence-corrected chi connectivity index (χ2v) is 6.38. The minimum Gasteiger partial charge on any atom is -0.478 e. The predicted octanol–water partition coefficient (Wildman–Crippen LogP) is 4.40. The topological polar surface area (TPSA) is 66.8 Å². The number of aromatic carboxylic acids is 1. The van der Waals surface area contributed by atoms with Crippen LogP contribution in [0, 0.1) is 0 Å². The Hall–Kier alpha value is -3.32. The Labute approximate surface area is 157 Å². The molecule has 0 heterocycles. The molecule has 2 N–H and O–H groups in total. The van der Waals surface area contributed by atoms with E-state index in [2.05, 4.69) is 4.74 Å². The Morgan fingerprint density at radius 2 is 1.71 bits per heavy atom. The molecule has 7 heteroatoms. The summed E-state index contributed by atoms with van der Waals surface area (Å²) in [7, 11) is 0. The van der Waals surface area contributed by atoms with Crippen molar-refractivity contribution < 1.29 is 32.9 Å². The lowest BCUT2D eigenvalue weighted by atomic mass is 9.62. The van der Waals surface area contributed by atoms with E-state index in [1.807, 2.05) is 0 Å². The Bertz CT molecular complexity index is 1060. The first-order chi connectivity index (χ1) is 13.2. The molecular weight excluding hydrogens is 373 g/mol. The molecule has 0 radical (unpaired) electrons. The van der Waals surface area contributed by atoms with Gasteiger partial charge in [0.05, 0.1) is 5.56 Å². The molecule has 2 aliphatic carbocycles. The maximum Gasteiger partial charge on any atom is 0.573 e. The highest BCUT2D eigenvalue weighted by molar-refractivity contribution is 5.93. The highest BCUT2D eigenvalue weighted by Crippen LogP contribution is 2.59. The third kappa shape index (κ3) is 2.71. The number of carbonyl (C=O) groups is 1. The third-order valence-corrected chi connectivity index (χ3v) is 4.74. The van der Waals surface area contributed by atoms with Gasteiger partial charge in [0.1, 0.15) is 11.4 Å². The van der Waals surface area contributed by atoms with Crippen LogP contribution in [-0.2, 0) is 10.3 Å². The maximum absolute atomic E-state index is 12.9. The molecule has 2 aromatic rings. The van der Waals surface area contributed by atoms with E-state index in [0.29, 0.717) is 11.1 Å². The highest BCUT2D eigenvalue weighted by atomic mass is 19.4. The molecular formula is C21H13F3O4. The second kappa shape index (κ2) is 6.10. The first kappa shape index (κ1) is 18.1. The van der Waals surface area contributed by atoms with Crippen LogP contribution in [0.4, 0.5) is 13.2 Å². The normalized spacial score (nSPS) is 20.9. The fraction of sp³-hybridized carbons (Fsp3) is 0.0952. The summed E-state index contributed by atoms with van der Waals surface area (Å²) < 4.78 is 43.0. The lowest BCUT2D eigenvalue weighted by Crippen LogP contribution is -2.45. The van der Waals surface area contributed by atoms with Crippen molar-refractivity contribution in [2.45, 2.75) is 12.0 Å². The van der Waals surface area contributed by atoms with E-state index in [4.69, 9.17) is 0 Å². The molecule has 0 saturated carbocycles. The number of ether oxygens (including phenoxy) is 1. The van der Waals surface area contributed by atoms with E-state index in [1.165, 1.54) is 30.3 Å². The molecule has 2 bridgehead atoms. The van der Waals surface area contributed by atoms with Crippen LogP contribution in [0.1, 0.15) is 21.5 Å². The van der Waals surface area contributed by atoms with Crippen molar-refractivity contribution in [1.82, 2.24) is 0 Å². The largest absolute Gasteiger partial charge is 0.573 e. The standard InChI is InChI=1S/C21H13F3O4/c22-21(23,24)28-18-16-10-9-15(12-5-2-1-3-6-12)17(18)20(16,27)14-8-4-7-13(11-14)19(25)26/h1-11,27H,(H,25,26). The van der Waals surface area contributed by atoms with Gasteiger partial charge in [0.15, 0.2) is 0 Å². The van der Waals surface area contributed by atoms with Crippen LogP contribution in [0.3, 0.4) is 0 Å². The predicted molar refractivity (Wildman–Crippen MR) is 94.0 cm³/mol. The van der Waals surface area contributed by atoms with Gasteiger partial charge in [-0.1, -0.05) is 54.6 Å². The molecule has 0 spiro atoms. The fourth-order valence-corrected chi connectivity index (χ4v) is 3.56. The number of allylic oxidation sites excluding steroid dienone is 2. The number of hydrogen-bond donors (Lipinski definition) is 2. The van der Waals surface area contributed by atoms with Crippen LogP contribution in [0.2, 0.25) is 0 Å². The van der Waals surface area contributed by atoms with Crippen molar-refractivity contribution in [1.29, 1.82) is 0 Å². The molecule has 142 valence electrons. The molecule has 0 saturated heterocycles. The van der Waals surface area contributed by atoms with Crippen LogP contribution in [0.5, 0.6) is 0 Å². The van der Waals surface area contributed by atoms with Crippen molar-refractivity contribution in [3.8, 4) is 0 Å². The van der Waals surface area contributed by atoms with Crippen LogP contribution in [-0.4, -0.2) is 22.5 Å². The number of benzene rings is 2. The van der Waals surface area contributed by atoms with Crippen LogP contribution in [0.15, 0.2) is 83.7 Å². The number of aliphatic hydroxyl groups is 1. The smallest absolute Gasteiger partial charge is 0.478 e. The quantitative estimate of drug-likeness (QED) is 0.818. The molecule has 0 aliphatic heterocycles. The first-order valence-electron chi connectivity index (χ1n) is 8.27. The Morgan fingerprint density at radius 1 is 1.00 bits per heavy atom. The van der Waals surface area contributed by atoms with Crippen molar-refractivity contribution in [3.05, 3.63) is 100 Å². The number of alkyl halides is 3. The average molecular weight is 386 g/mol. The molecule has 1 atom stereocenters. The van der Waals surface area contributed by atoms with Gasteiger partial charge >= 0.3 is 12.3 Å². The number of hydrogen-bond acceptors (Lipinski definition) is 3. The average Bonchev–Trinajstić information content (AvgIpc) is 2.67. The van der Waals surface area contributed by atoms with Gasteiger partial charge in [0, 0.05) is 11.1 Å². The summed E-state index contributed by atoms with van der Waals surface area (Å²) in [5.74, 6) is -1.67. The SMILES string of the molecule is O=C(O)c1cccc(C2(O)c3ccc(-c4ccccc4)c2c3OC(F)(F)F)c1. The van der Waals surface area contributed by atoms with Gasteiger partial charge in [-0.25, -0.2) is 4.79 Å². The van der Waals surface area contributed by atoms with E-state index in [-0.39, 0.29) is 22.3 Å². The number of carboxylic acid groups (broad SMARTS) is 1. The molecule has 0 aromatic heterocycles. The maximum atomic E-state index is 12.9. The third-order valence-electron chi connectivity index (χ3n) is 4.74. The summed E-state index contributed by atoms with van der Waals surface area (Å²) in [6.45, 7) is 0. The zero-order valence-electron chi connectivity index (χ0n) is 14.2. The number of halogens is 3. The van der Waals surface area contributed by atoms with Crippen molar-refractivity contribution >= 4 is 11.5 Å². The number of rotatable bonds is 4. The monoisotopic (exact) mass is 386 g/mol. The van der Waals surface area contributed by atoms with Gasteiger partial charge in [0.25, 0.3) is 0 Å². The molecule has 2 aliphatic rings. The number of fused-ring (bicyclic) bond motifs is 2. The zero-order chi connectivity index (χ0) is 20.1. The van der Waals surface area contributed by atoms with Gasteiger partial charge in [0.2, 0.25) is 0 Å². The summed E-state index contributed by atoms with van der Waals surface area (Å²) in [6, 6.07) is 14.1. The van der Waals surface area contributed by atoms with E-state index in [0.717, 1.165) is 0 Å². The molecule has 0 amide bonds. The first-order valence-corrected chi connectivity index (χ1v) is 8.27. The van der Waals surface area contributed by atoms with Gasteiger partial charge in [-0.3, -0.25) is 0 Å². The Balaban J connectivity index is 1.89. The van der Waals surface area contributed by atoms with E-state index in [9.17, 15) is 28.2 Å². The minimum atomic E-state index is -4.93. The van der Waals surface area contributed by atoms with Crippen molar-refractivity contribution in [3.63, 3.8) is 0 Å². The highest BCUT2D eigenvalue weighted by Gasteiger charge is 2.56. The van der Waals surface area contributed by atoms with E-state index >= 15 is 0 Å². The van der Waals surface area contributed by atoms with Crippen molar-refractivity contribution in [2.24, 2.45) is 0 Å². The minimum absolute atomic E-state index is 0.0453. The Morgan fingerprint density at radius 3 is 2.36 bits per heavy atom. The zero-order valence-corrected chi connectivity index (χ0v) is 14.2. The van der Waals surface area contributed by atoms with Gasteiger partial charge in [-0.05, 0) is 28.8 Å². The summed E-state index contributed by atoms with van der Waals surface area (Å²) in [4.78, 5) is 11.3. The summed E-state index contributed by atoms with van der Waals surface area (Å²) in [5, 5.41) is 20.6. The second-order valence-electron chi connectivity index (χ2n) is 6.38. The van der Waals surface area contributed by atoms with Crippen LogP contribution in [0.25, 0.3) is 5.57 Å². The van der Waals surface area contributed by atoms with Crippen molar-refractivity contribution in [2.75, 3.05) is 0 Å². The lowest BCUT2D eigenvalue weighted by Gasteiger charge is -2.47. The summed E-state index contributed by atoms with van der Waals surface area (Å²) in [6.07, 6.45) is -1.95. The number of carboxylic acids is 1. The van der Waals surface area contributed by atoms with Gasteiger partial charge in [-0.15, -0.1) is 13.2 Å².